The fourth-order valence-corrected chi connectivity index (χ4v) is 4.20. The van der Waals surface area contributed by atoms with Crippen molar-refractivity contribution in [2.75, 3.05) is 6.61 Å². The summed E-state index contributed by atoms with van der Waals surface area (Å²) in [6.07, 6.45) is 1.66. The Hall–Kier alpha value is -1.06. The summed E-state index contributed by atoms with van der Waals surface area (Å²) < 4.78 is 7.66. The van der Waals surface area contributed by atoms with Crippen LogP contribution in [0.25, 0.3) is 0 Å². The highest BCUT2D eigenvalue weighted by Gasteiger charge is 2.08. The lowest BCUT2D eigenvalue weighted by molar-refractivity contribution is 0.337. The average Bonchev–Trinajstić information content (AvgIpc) is 2.57. The van der Waals surface area contributed by atoms with Crippen LogP contribution in [-0.4, -0.2) is 18.0 Å². The van der Waals surface area contributed by atoms with Crippen LogP contribution < -0.4 is 10.5 Å². The topological polar surface area (TPSA) is 60.0 Å². The van der Waals surface area contributed by atoms with Gasteiger partial charge in [-0.1, -0.05) is 58.0 Å². The third-order valence-electron chi connectivity index (χ3n) is 2.91. The molecule has 0 radical (unpaired) electrons. The minimum absolute atomic E-state index is 0.428. The van der Waals surface area contributed by atoms with E-state index in [9.17, 15) is 0 Å². The number of thioether (sulfide) groups is 1. The lowest BCUT2D eigenvalue weighted by Gasteiger charge is -2.09. The minimum Gasteiger partial charge on any atom is -0.492 e. The van der Waals surface area contributed by atoms with Crippen molar-refractivity contribution >= 4 is 61.7 Å². The summed E-state index contributed by atoms with van der Waals surface area (Å²) in [6, 6.07) is 14.1. The summed E-state index contributed by atoms with van der Waals surface area (Å²) in [7, 11) is 0. The SMILES string of the molecule is CCOc1c(I)cc(Br)cc1C=NN=C(N)SCc1ccccc1. The Bertz CT molecular complexity index is 738. The number of nitrogens with zero attached hydrogens (tertiary/aromatic N) is 2. The summed E-state index contributed by atoms with van der Waals surface area (Å²) in [5.41, 5.74) is 7.96. The number of hydrogen-bond donors (Lipinski definition) is 1. The molecule has 0 saturated carbocycles. The minimum atomic E-state index is 0.428. The molecule has 0 aliphatic heterocycles. The molecule has 0 saturated heterocycles. The van der Waals surface area contributed by atoms with E-state index in [0.29, 0.717) is 11.8 Å². The van der Waals surface area contributed by atoms with Gasteiger partial charge in [0.25, 0.3) is 0 Å². The zero-order valence-electron chi connectivity index (χ0n) is 13.1. The predicted octanol–water partition coefficient (Wildman–Crippen LogP) is 5.03. The van der Waals surface area contributed by atoms with Gasteiger partial charge in [0, 0.05) is 15.8 Å². The average molecular weight is 518 g/mol. The molecule has 24 heavy (non-hydrogen) atoms. The molecule has 2 N–H and O–H groups in total. The molecule has 0 bridgehead atoms. The molecular weight excluding hydrogens is 501 g/mol. The molecule has 0 heterocycles. The molecule has 126 valence electrons. The first kappa shape index (κ1) is 19.3. The zero-order valence-corrected chi connectivity index (χ0v) is 17.6. The van der Waals surface area contributed by atoms with Gasteiger partial charge in [0.05, 0.1) is 16.4 Å². The normalized spacial score (nSPS) is 11.9. The Kier molecular flexibility index (Phi) is 8.07. The number of ether oxygens (including phenoxy) is 1. The Morgan fingerprint density at radius 3 is 2.79 bits per heavy atom. The monoisotopic (exact) mass is 517 g/mol. The Morgan fingerprint density at radius 2 is 2.08 bits per heavy atom. The van der Waals surface area contributed by atoms with Gasteiger partial charge in [0.15, 0.2) is 5.17 Å². The van der Waals surface area contributed by atoms with E-state index in [0.717, 1.165) is 25.1 Å². The first-order chi connectivity index (χ1) is 11.6. The summed E-state index contributed by atoms with van der Waals surface area (Å²) in [5.74, 6) is 1.57. The van der Waals surface area contributed by atoms with Crippen LogP contribution in [0.5, 0.6) is 5.75 Å². The van der Waals surface area contributed by atoms with Crippen LogP contribution >= 0.6 is 50.3 Å². The van der Waals surface area contributed by atoms with Crippen molar-refractivity contribution in [2.24, 2.45) is 15.9 Å². The van der Waals surface area contributed by atoms with E-state index in [4.69, 9.17) is 10.5 Å². The number of rotatable bonds is 6. The third-order valence-corrected chi connectivity index (χ3v) is 5.02. The highest BCUT2D eigenvalue weighted by molar-refractivity contribution is 14.1. The molecular formula is C17H17BrIN3OS. The van der Waals surface area contributed by atoms with Crippen LogP contribution in [0.4, 0.5) is 0 Å². The van der Waals surface area contributed by atoms with Gasteiger partial charge in [-0.3, -0.25) is 0 Å². The smallest absolute Gasteiger partial charge is 0.180 e. The van der Waals surface area contributed by atoms with Crippen LogP contribution in [0.1, 0.15) is 18.1 Å². The molecule has 0 aliphatic rings. The van der Waals surface area contributed by atoms with Crippen LogP contribution in [0.15, 0.2) is 57.1 Å². The van der Waals surface area contributed by atoms with Crippen molar-refractivity contribution in [3.63, 3.8) is 0 Å². The Labute approximate surface area is 168 Å². The summed E-state index contributed by atoms with van der Waals surface area (Å²) in [6.45, 7) is 2.55. The highest BCUT2D eigenvalue weighted by atomic mass is 127. The van der Waals surface area contributed by atoms with Gasteiger partial charge in [0.1, 0.15) is 5.75 Å². The van der Waals surface area contributed by atoms with Crippen LogP contribution in [-0.2, 0) is 5.75 Å². The molecule has 0 fully saturated rings. The maximum absolute atomic E-state index is 5.90. The van der Waals surface area contributed by atoms with E-state index in [1.807, 2.05) is 37.3 Å². The van der Waals surface area contributed by atoms with Crippen molar-refractivity contribution < 1.29 is 4.74 Å². The van der Waals surface area contributed by atoms with Crippen LogP contribution in [0.3, 0.4) is 0 Å². The van der Waals surface area contributed by atoms with Gasteiger partial charge in [-0.15, -0.1) is 5.10 Å². The number of amidine groups is 1. The molecule has 2 rings (SSSR count). The van der Waals surface area contributed by atoms with E-state index in [1.54, 1.807) is 6.21 Å². The van der Waals surface area contributed by atoms with E-state index in [2.05, 4.69) is 60.9 Å². The molecule has 0 aromatic heterocycles. The van der Waals surface area contributed by atoms with Crippen molar-refractivity contribution in [3.8, 4) is 5.75 Å². The van der Waals surface area contributed by atoms with Gasteiger partial charge in [-0.05, 0) is 47.2 Å². The van der Waals surface area contributed by atoms with E-state index in [-0.39, 0.29) is 0 Å². The highest BCUT2D eigenvalue weighted by Crippen LogP contribution is 2.29. The fraction of sp³-hybridized carbons (Fsp3) is 0.176. The molecule has 0 aliphatic carbocycles. The summed E-state index contributed by atoms with van der Waals surface area (Å²) in [4.78, 5) is 0. The number of halogens is 2. The fourth-order valence-electron chi connectivity index (χ4n) is 1.88. The maximum atomic E-state index is 5.90. The molecule has 0 spiro atoms. The largest absolute Gasteiger partial charge is 0.492 e. The lowest BCUT2D eigenvalue weighted by atomic mass is 10.2. The predicted molar refractivity (Wildman–Crippen MR) is 115 cm³/mol. The van der Waals surface area contributed by atoms with Crippen LogP contribution in [0, 0.1) is 3.57 Å². The Morgan fingerprint density at radius 1 is 1.33 bits per heavy atom. The Balaban J connectivity index is 2.04. The molecule has 0 unspecified atom stereocenters. The van der Waals surface area contributed by atoms with E-state index >= 15 is 0 Å². The summed E-state index contributed by atoms with van der Waals surface area (Å²) in [5, 5.41) is 8.57. The lowest BCUT2D eigenvalue weighted by Crippen LogP contribution is -2.06. The van der Waals surface area contributed by atoms with Crippen molar-refractivity contribution in [1.82, 2.24) is 0 Å². The van der Waals surface area contributed by atoms with Crippen LogP contribution in [0.2, 0.25) is 0 Å². The number of nitrogens with two attached hydrogens (primary N) is 1. The number of hydrogen-bond acceptors (Lipinski definition) is 4. The standard InChI is InChI=1S/C17H17BrIN3OS/c1-2-23-16-13(8-14(18)9-15(16)19)10-21-22-17(20)24-11-12-6-4-3-5-7-12/h3-10H,2,11H2,1H3,(H2,20,22). The van der Waals surface area contributed by atoms with E-state index in [1.165, 1.54) is 17.3 Å². The second-order valence-electron chi connectivity index (χ2n) is 4.70. The second-order valence-corrected chi connectivity index (χ2v) is 7.77. The molecule has 4 nitrogen and oxygen atoms in total. The van der Waals surface area contributed by atoms with Crippen molar-refractivity contribution in [2.45, 2.75) is 12.7 Å². The molecule has 2 aromatic carbocycles. The molecule has 2 aromatic rings. The summed E-state index contributed by atoms with van der Waals surface area (Å²) >= 11 is 7.18. The van der Waals surface area contributed by atoms with Crippen molar-refractivity contribution in [3.05, 3.63) is 61.6 Å². The van der Waals surface area contributed by atoms with Gasteiger partial charge in [0.2, 0.25) is 0 Å². The first-order valence-corrected chi connectivity index (χ1v) is 10.1. The quantitative estimate of drug-likeness (QED) is 0.253. The van der Waals surface area contributed by atoms with Gasteiger partial charge in [-0.2, -0.15) is 5.10 Å². The van der Waals surface area contributed by atoms with Crippen molar-refractivity contribution in [1.29, 1.82) is 0 Å². The molecule has 7 heteroatoms. The van der Waals surface area contributed by atoms with E-state index < -0.39 is 0 Å². The first-order valence-electron chi connectivity index (χ1n) is 7.25. The van der Waals surface area contributed by atoms with Gasteiger partial charge in [-0.25, -0.2) is 0 Å². The second kappa shape index (κ2) is 10.0. The van der Waals surface area contributed by atoms with Gasteiger partial charge < -0.3 is 10.5 Å². The van der Waals surface area contributed by atoms with Gasteiger partial charge >= 0.3 is 0 Å². The zero-order chi connectivity index (χ0) is 17.4. The molecule has 0 atom stereocenters. The molecule has 0 amide bonds. The number of benzene rings is 2. The third kappa shape index (κ3) is 6.10. The maximum Gasteiger partial charge on any atom is 0.180 e.